The third kappa shape index (κ3) is 4.13. The van der Waals surface area contributed by atoms with E-state index in [0.29, 0.717) is 40.9 Å². The Hall–Kier alpha value is -2.83. The molecule has 0 aliphatic rings. The van der Waals surface area contributed by atoms with Gasteiger partial charge in [-0.2, -0.15) is 0 Å². The summed E-state index contributed by atoms with van der Waals surface area (Å²) in [5, 5.41) is 14.3. The SMILES string of the molecule is CCOC(=O)c1cnc2ccc(OC)cc2c1NCCCC(=O)[O-]. The summed E-state index contributed by atoms with van der Waals surface area (Å²) in [6.07, 6.45) is 1.76. The minimum absolute atomic E-state index is 0.0614. The predicted molar refractivity (Wildman–Crippen MR) is 87.0 cm³/mol. The van der Waals surface area contributed by atoms with Crippen molar-refractivity contribution in [1.82, 2.24) is 4.98 Å². The molecule has 128 valence electrons. The highest BCUT2D eigenvalue weighted by Crippen LogP contribution is 2.29. The van der Waals surface area contributed by atoms with Gasteiger partial charge in [-0.3, -0.25) is 4.98 Å². The number of carbonyl (C=O) groups is 2. The summed E-state index contributed by atoms with van der Waals surface area (Å²) in [4.78, 5) is 27.0. The number of pyridine rings is 1. The van der Waals surface area contributed by atoms with Gasteiger partial charge in [0.25, 0.3) is 0 Å². The summed E-state index contributed by atoms with van der Waals surface area (Å²) in [5.41, 5.74) is 1.54. The number of nitrogens with one attached hydrogen (secondary N) is 1. The van der Waals surface area contributed by atoms with Gasteiger partial charge in [-0.25, -0.2) is 4.79 Å². The van der Waals surface area contributed by atoms with Crippen molar-refractivity contribution < 1.29 is 24.2 Å². The standard InChI is InChI=1S/C17H20N2O5/c1-3-24-17(22)13-10-19-14-7-6-11(23-2)9-12(14)16(13)18-8-4-5-15(20)21/h6-7,9-10H,3-5,8H2,1-2H3,(H,18,19)(H,20,21)/p-1. The summed E-state index contributed by atoms with van der Waals surface area (Å²) in [7, 11) is 1.55. The van der Waals surface area contributed by atoms with Crippen LogP contribution in [0.2, 0.25) is 0 Å². The molecule has 0 radical (unpaired) electrons. The van der Waals surface area contributed by atoms with E-state index in [0.717, 1.165) is 0 Å². The van der Waals surface area contributed by atoms with Crippen LogP contribution in [0, 0.1) is 0 Å². The zero-order valence-electron chi connectivity index (χ0n) is 13.6. The number of carboxylic acids is 1. The van der Waals surface area contributed by atoms with E-state index >= 15 is 0 Å². The molecule has 1 aromatic carbocycles. The molecule has 0 amide bonds. The van der Waals surface area contributed by atoms with Gasteiger partial charge < -0.3 is 24.7 Å². The van der Waals surface area contributed by atoms with Crippen LogP contribution in [0.25, 0.3) is 10.9 Å². The van der Waals surface area contributed by atoms with E-state index in [1.807, 2.05) is 0 Å². The Balaban J connectivity index is 2.40. The van der Waals surface area contributed by atoms with E-state index in [9.17, 15) is 14.7 Å². The lowest BCUT2D eigenvalue weighted by molar-refractivity contribution is -0.305. The van der Waals surface area contributed by atoms with Crippen molar-refractivity contribution in [3.05, 3.63) is 30.0 Å². The monoisotopic (exact) mass is 331 g/mol. The molecular formula is C17H19N2O5-. The van der Waals surface area contributed by atoms with Gasteiger partial charge in [-0.15, -0.1) is 0 Å². The number of fused-ring (bicyclic) bond motifs is 1. The first-order chi connectivity index (χ1) is 11.6. The van der Waals surface area contributed by atoms with Gasteiger partial charge >= 0.3 is 5.97 Å². The number of hydrogen-bond acceptors (Lipinski definition) is 7. The van der Waals surface area contributed by atoms with Gasteiger partial charge in [-0.05, 0) is 38.0 Å². The molecule has 1 aromatic heterocycles. The number of esters is 1. The highest BCUT2D eigenvalue weighted by atomic mass is 16.5. The number of methoxy groups -OCH3 is 1. The van der Waals surface area contributed by atoms with E-state index in [4.69, 9.17) is 9.47 Å². The molecule has 0 aliphatic carbocycles. The van der Waals surface area contributed by atoms with Gasteiger partial charge in [0, 0.05) is 24.1 Å². The topological polar surface area (TPSA) is 101 Å². The average Bonchev–Trinajstić information content (AvgIpc) is 2.57. The molecule has 0 saturated carbocycles. The molecule has 1 N–H and O–H groups in total. The fourth-order valence-corrected chi connectivity index (χ4v) is 2.30. The zero-order chi connectivity index (χ0) is 17.5. The summed E-state index contributed by atoms with van der Waals surface area (Å²) in [5.74, 6) is -0.969. The van der Waals surface area contributed by atoms with Gasteiger partial charge in [0.2, 0.25) is 0 Å². The Kier molecular flexibility index (Phi) is 5.95. The number of carbonyl (C=O) groups excluding carboxylic acids is 2. The fraction of sp³-hybridized carbons (Fsp3) is 0.353. The number of ether oxygens (including phenoxy) is 2. The molecule has 7 heteroatoms. The number of hydrogen-bond donors (Lipinski definition) is 1. The minimum atomic E-state index is -1.11. The first kappa shape index (κ1) is 17.5. The van der Waals surface area contributed by atoms with Crippen molar-refractivity contribution in [2.75, 3.05) is 25.6 Å². The lowest BCUT2D eigenvalue weighted by Crippen LogP contribution is -2.22. The first-order valence-corrected chi connectivity index (χ1v) is 7.64. The molecule has 24 heavy (non-hydrogen) atoms. The number of aliphatic carboxylic acids is 1. The molecule has 0 atom stereocenters. The molecule has 1 heterocycles. The molecule has 7 nitrogen and oxygen atoms in total. The minimum Gasteiger partial charge on any atom is -0.550 e. The highest BCUT2D eigenvalue weighted by molar-refractivity contribution is 6.05. The molecule has 0 fully saturated rings. The lowest BCUT2D eigenvalue weighted by Gasteiger charge is -2.15. The Morgan fingerprint density at radius 2 is 2.12 bits per heavy atom. The number of carboxylic acid groups (broad SMARTS) is 1. The molecule has 2 rings (SSSR count). The van der Waals surface area contributed by atoms with Gasteiger partial charge in [-0.1, -0.05) is 0 Å². The third-order valence-electron chi connectivity index (χ3n) is 3.43. The molecule has 0 spiro atoms. The Bertz CT molecular complexity index is 745. The van der Waals surface area contributed by atoms with Crippen LogP contribution in [0.15, 0.2) is 24.4 Å². The zero-order valence-corrected chi connectivity index (χ0v) is 13.6. The van der Waals surface area contributed by atoms with Crippen LogP contribution in [-0.2, 0) is 9.53 Å². The first-order valence-electron chi connectivity index (χ1n) is 7.64. The van der Waals surface area contributed by atoms with Crippen LogP contribution in [-0.4, -0.2) is 37.2 Å². The summed E-state index contributed by atoms with van der Waals surface area (Å²) in [6, 6.07) is 5.33. The second kappa shape index (κ2) is 8.14. The van der Waals surface area contributed by atoms with Crippen LogP contribution in [0.1, 0.15) is 30.1 Å². The van der Waals surface area contributed by atoms with E-state index in [1.165, 1.54) is 6.20 Å². The summed E-state index contributed by atoms with van der Waals surface area (Å²) < 4.78 is 10.3. The van der Waals surface area contributed by atoms with E-state index in [1.54, 1.807) is 32.2 Å². The van der Waals surface area contributed by atoms with Gasteiger partial charge in [0.1, 0.15) is 11.3 Å². The average molecular weight is 331 g/mol. The molecule has 0 aliphatic heterocycles. The van der Waals surface area contributed by atoms with Crippen molar-refractivity contribution in [2.24, 2.45) is 0 Å². The summed E-state index contributed by atoms with van der Waals surface area (Å²) >= 11 is 0. The largest absolute Gasteiger partial charge is 0.550 e. The fourth-order valence-electron chi connectivity index (χ4n) is 2.30. The number of rotatable bonds is 8. The van der Waals surface area contributed by atoms with Crippen LogP contribution in [0.4, 0.5) is 5.69 Å². The van der Waals surface area contributed by atoms with E-state index in [-0.39, 0.29) is 13.0 Å². The van der Waals surface area contributed by atoms with E-state index < -0.39 is 11.9 Å². The molecule has 0 bridgehead atoms. The van der Waals surface area contributed by atoms with Crippen LogP contribution >= 0.6 is 0 Å². The Morgan fingerprint density at radius 1 is 1.33 bits per heavy atom. The van der Waals surface area contributed by atoms with Crippen molar-refractivity contribution in [3.63, 3.8) is 0 Å². The van der Waals surface area contributed by atoms with Crippen molar-refractivity contribution >= 4 is 28.5 Å². The number of benzene rings is 1. The maximum absolute atomic E-state index is 12.2. The van der Waals surface area contributed by atoms with E-state index in [2.05, 4.69) is 10.3 Å². The second-order valence-corrected chi connectivity index (χ2v) is 5.05. The van der Waals surface area contributed by atoms with Gasteiger partial charge in [0.05, 0.1) is 24.9 Å². The molecule has 0 saturated heterocycles. The van der Waals surface area contributed by atoms with Gasteiger partial charge in [0.15, 0.2) is 0 Å². The maximum Gasteiger partial charge on any atom is 0.341 e. The summed E-state index contributed by atoms with van der Waals surface area (Å²) in [6.45, 7) is 2.35. The molecule has 0 unspecified atom stereocenters. The maximum atomic E-state index is 12.2. The predicted octanol–water partition coefficient (Wildman–Crippen LogP) is 1.36. The normalized spacial score (nSPS) is 10.4. The van der Waals surface area contributed by atoms with Crippen LogP contribution < -0.4 is 15.2 Å². The highest BCUT2D eigenvalue weighted by Gasteiger charge is 2.17. The number of aromatic nitrogens is 1. The second-order valence-electron chi connectivity index (χ2n) is 5.05. The number of nitrogens with zero attached hydrogens (tertiary/aromatic N) is 1. The lowest BCUT2D eigenvalue weighted by atomic mass is 10.1. The van der Waals surface area contributed by atoms with Crippen LogP contribution in [0.3, 0.4) is 0 Å². The Labute approximate surface area is 139 Å². The van der Waals surface area contributed by atoms with Crippen molar-refractivity contribution in [2.45, 2.75) is 19.8 Å². The third-order valence-corrected chi connectivity index (χ3v) is 3.43. The Morgan fingerprint density at radius 3 is 2.79 bits per heavy atom. The molecular weight excluding hydrogens is 312 g/mol. The van der Waals surface area contributed by atoms with Crippen molar-refractivity contribution in [3.8, 4) is 5.75 Å². The number of anilines is 1. The van der Waals surface area contributed by atoms with Crippen molar-refractivity contribution in [1.29, 1.82) is 0 Å². The van der Waals surface area contributed by atoms with Crippen LogP contribution in [0.5, 0.6) is 5.75 Å². The molecule has 2 aromatic rings. The quantitative estimate of drug-likeness (QED) is 0.576. The smallest absolute Gasteiger partial charge is 0.341 e.